The van der Waals surface area contributed by atoms with Crippen LogP contribution < -0.4 is 15.1 Å². The van der Waals surface area contributed by atoms with E-state index in [9.17, 15) is 9.59 Å². The summed E-state index contributed by atoms with van der Waals surface area (Å²) < 4.78 is 0. The molecular weight excluding hydrogens is 412 g/mol. The van der Waals surface area contributed by atoms with Crippen LogP contribution in [0.1, 0.15) is 43.2 Å². The molecule has 2 unspecified atom stereocenters. The summed E-state index contributed by atoms with van der Waals surface area (Å²) in [6.07, 6.45) is 6.13. The number of unbranched alkanes of at least 4 members (excludes halogenated alkanes) is 1. The average molecular weight is 445 g/mol. The van der Waals surface area contributed by atoms with Crippen LogP contribution in [-0.2, 0) is 21.4 Å². The van der Waals surface area contributed by atoms with Gasteiger partial charge in [-0.05, 0) is 68.0 Å². The third-order valence-electron chi connectivity index (χ3n) is 8.32. The summed E-state index contributed by atoms with van der Waals surface area (Å²) in [7, 11) is 1.89. The maximum absolute atomic E-state index is 13.1. The number of nitrogens with zero attached hydrogens (tertiary/aromatic N) is 3. The summed E-state index contributed by atoms with van der Waals surface area (Å²) in [6.45, 7) is 3.61. The van der Waals surface area contributed by atoms with Gasteiger partial charge < -0.3 is 15.1 Å². The van der Waals surface area contributed by atoms with Gasteiger partial charge in [0, 0.05) is 32.4 Å². The van der Waals surface area contributed by atoms with Gasteiger partial charge in [-0.15, -0.1) is 0 Å². The van der Waals surface area contributed by atoms with E-state index < -0.39 is 0 Å². The molecule has 2 atom stereocenters. The molecule has 2 amide bonds. The second kappa shape index (κ2) is 7.87. The monoisotopic (exact) mass is 444 g/mol. The van der Waals surface area contributed by atoms with Crippen LogP contribution in [-0.4, -0.2) is 56.0 Å². The molecule has 6 nitrogen and oxygen atoms in total. The standard InChI is InChI=1S/C27H32N4O2/c1-29-21-11-2-3-12-22(21)31-17-16-30(18-23(31)25(29)32)15-5-4-13-27-14-7-9-19-8-6-10-20(24(19)27)28-26(27)33/h2-3,6,8,10-12,23H,4-5,7,9,13-18H2,1H3,(H,28,33). The van der Waals surface area contributed by atoms with Gasteiger partial charge in [-0.3, -0.25) is 14.5 Å². The summed E-state index contributed by atoms with van der Waals surface area (Å²) in [4.78, 5) is 32.6. The van der Waals surface area contributed by atoms with Crippen LogP contribution in [0.2, 0.25) is 0 Å². The van der Waals surface area contributed by atoms with Crippen molar-refractivity contribution in [2.75, 3.05) is 48.3 Å². The van der Waals surface area contributed by atoms with Gasteiger partial charge in [0.1, 0.15) is 6.04 Å². The second-order valence-corrected chi connectivity index (χ2v) is 10.1. The molecule has 0 spiro atoms. The van der Waals surface area contributed by atoms with Crippen molar-refractivity contribution in [2.24, 2.45) is 0 Å². The number of aryl methyl sites for hydroxylation is 1. The summed E-state index contributed by atoms with van der Waals surface area (Å²) in [5, 5.41) is 3.16. The predicted molar refractivity (Wildman–Crippen MR) is 131 cm³/mol. The molecule has 0 bridgehead atoms. The van der Waals surface area contributed by atoms with Gasteiger partial charge in [-0.25, -0.2) is 0 Å². The van der Waals surface area contributed by atoms with Gasteiger partial charge in [0.25, 0.3) is 5.91 Å². The lowest BCUT2D eigenvalue weighted by molar-refractivity contribution is -0.122. The van der Waals surface area contributed by atoms with Crippen LogP contribution in [0.4, 0.5) is 17.1 Å². The van der Waals surface area contributed by atoms with Crippen molar-refractivity contribution in [1.29, 1.82) is 0 Å². The van der Waals surface area contributed by atoms with Gasteiger partial charge in [0.15, 0.2) is 0 Å². The summed E-state index contributed by atoms with van der Waals surface area (Å²) in [5.74, 6) is 0.388. The summed E-state index contributed by atoms with van der Waals surface area (Å²) in [6, 6.07) is 14.4. The minimum Gasteiger partial charge on any atom is -0.355 e. The molecule has 6 rings (SSSR count). The number of benzene rings is 2. The first-order valence-electron chi connectivity index (χ1n) is 12.4. The highest BCUT2D eigenvalue weighted by atomic mass is 16.2. The van der Waals surface area contributed by atoms with Gasteiger partial charge in [0.05, 0.1) is 16.8 Å². The Morgan fingerprint density at radius 1 is 1.03 bits per heavy atom. The van der Waals surface area contributed by atoms with E-state index in [1.165, 1.54) is 16.8 Å². The number of carbonyl (C=O) groups excluding carboxylic acids is 2. The van der Waals surface area contributed by atoms with E-state index in [-0.39, 0.29) is 23.3 Å². The molecule has 1 fully saturated rings. The normalized spacial score (nSPS) is 26.0. The van der Waals surface area contributed by atoms with Crippen molar-refractivity contribution in [3.8, 4) is 0 Å². The van der Waals surface area contributed by atoms with Gasteiger partial charge in [0.2, 0.25) is 5.91 Å². The quantitative estimate of drug-likeness (QED) is 0.717. The number of amides is 2. The Morgan fingerprint density at radius 3 is 2.76 bits per heavy atom. The first-order chi connectivity index (χ1) is 16.1. The van der Waals surface area contributed by atoms with Crippen molar-refractivity contribution in [1.82, 2.24) is 4.90 Å². The van der Waals surface area contributed by atoms with Crippen LogP contribution in [0.5, 0.6) is 0 Å². The third kappa shape index (κ3) is 3.18. The Hall–Kier alpha value is -2.86. The Labute approximate surface area is 195 Å². The number of rotatable bonds is 5. The Morgan fingerprint density at radius 2 is 1.88 bits per heavy atom. The molecule has 0 saturated carbocycles. The Balaban J connectivity index is 1.09. The third-order valence-corrected chi connectivity index (χ3v) is 8.32. The van der Waals surface area contributed by atoms with E-state index in [2.05, 4.69) is 45.4 Å². The summed E-state index contributed by atoms with van der Waals surface area (Å²) in [5.41, 5.74) is 5.52. The Kier molecular flexibility index (Phi) is 4.94. The van der Waals surface area contributed by atoms with Crippen LogP contribution >= 0.6 is 0 Å². The van der Waals surface area contributed by atoms with Crippen molar-refractivity contribution >= 4 is 28.9 Å². The summed E-state index contributed by atoms with van der Waals surface area (Å²) >= 11 is 0. The number of piperazine rings is 1. The van der Waals surface area contributed by atoms with E-state index >= 15 is 0 Å². The number of hydrogen-bond donors (Lipinski definition) is 1. The molecule has 1 saturated heterocycles. The van der Waals surface area contributed by atoms with Gasteiger partial charge >= 0.3 is 0 Å². The highest BCUT2D eigenvalue weighted by Crippen LogP contribution is 2.49. The smallest absolute Gasteiger partial charge is 0.250 e. The van der Waals surface area contributed by atoms with Crippen molar-refractivity contribution < 1.29 is 9.59 Å². The number of carbonyl (C=O) groups is 2. The fourth-order valence-electron chi connectivity index (χ4n) is 6.65. The first-order valence-corrected chi connectivity index (χ1v) is 12.4. The topological polar surface area (TPSA) is 55.9 Å². The molecule has 4 aliphatic rings. The van der Waals surface area contributed by atoms with E-state index in [4.69, 9.17) is 0 Å². The molecule has 2 aromatic carbocycles. The van der Waals surface area contributed by atoms with E-state index in [0.29, 0.717) is 0 Å². The number of hydrogen-bond acceptors (Lipinski definition) is 4. The lowest BCUT2D eigenvalue weighted by Crippen LogP contribution is -2.62. The van der Waals surface area contributed by atoms with Crippen LogP contribution in [0.25, 0.3) is 0 Å². The first kappa shape index (κ1) is 20.7. The van der Waals surface area contributed by atoms with Gasteiger partial charge in [-0.2, -0.15) is 0 Å². The van der Waals surface area contributed by atoms with E-state index in [1.807, 2.05) is 24.1 Å². The zero-order chi connectivity index (χ0) is 22.6. The molecule has 0 radical (unpaired) electrons. The molecule has 3 heterocycles. The molecule has 172 valence electrons. The molecule has 0 aromatic heterocycles. The molecule has 33 heavy (non-hydrogen) atoms. The van der Waals surface area contributed by atoms with Crippen molar-refractivity contribution in [3.05, 3.63) is 53.6 Å². The number of nitrogens with one attached hydrogen (secondary N) is 1. The number of anilines is 3. The molecule has 3 aliphatic heterocycles. The molecule has 1 aliphatic carbocycles. The fraction of sp³-hybridized carbons (Fsp3) is 0.481. The maximum atomic E-state index is 13.1. The predicted octanol–water partition coefficient (Wildman–Crippen LogP) is 3.55. The fourth-order valence-corrected chi connectivity index (χ4v) is 6.65. The van der Waals surface area contributed by atoms with Crippen molar-refractivity contribution in [2.45, 2.75) is 50.0 Å². The lowest BCUT2D eigenvalue weighted by atomic mass is 9.68. The number of para-hydroxylation sites is 2. The lowest BCUT2D eigenvalue weighted by Gasteiger charge is -2.47. The SMILES string of the molecule is CN1C(=O)C2CN(CCCCC34CCCc5cccc(c53)NC4=O)CCN2c2ccccc21. The molecule has 2 aromatic rings. The average Bonchev–Trinajstić information content (AvgIpc) is 3.13. The minimum atomic E-state index is -0.325. The van der Waals surface area contributed by atoms with E-state index in [0.717, 1.165) is 76.1 Å². The molecule has 1 N–H and O–H groups in total. The zero-order valence-corrected chi connectivity index (χ0v) is 19.3. The van der Waals surface area contributed by atoms with Crippen LogP contribution in [0.3, 0.4) is 0 Å². The zero-order valence-electron chi connectivity index (χ0n) is 19.3. The van der Waals surface area contributed by atoms with Crippen LogP contribution in [0, 0.1) is 0 Å². The largest absolute Gasteiger partial charge is 0.355 e. The van der Waals surface area contributed by atoms with E-state index in [1.54, 1.807) is 0 Å². The van der Waals surface area contributed by atoms with Crippen molar-refractivity contribution in [3.63, 3.8) is 0 Å². The molecular formula is C27H32N4O2. The highest BCUT2D eigenvalue weighted by Gasteiger charge is 2.48. The number of fused-ring (bicyclic) bond motifs is 3. The minimum absolute atomic E-state index is 0.106. The van der Waals surface area contributed by atoms with Crippen LogP contribution in [0.15, 0.2) is 42.5 Å². The maximum Gasteiger partial charge on any atom is 0.250 e. The highest BCUT2D eigenvalue weighted by molar-refractivity contribution is 6.07. The number of likely N-dealkylation sites (N-methyl/N-ethyl adjacent to an activating group) is 1. The molecule has 6 heteroatoms. The Bertz CT molecular complexity index is 1120. The second-order valence-electron chi connectivity index (χ2n) is 10.1. The van der Waals surface area contributed by atoms with Gasteiger partial charge in [-0.1, -0.05) is 30.7 Å².